The lowest BCUT2D eigenvalue weighted by Crippen LogP contribution is -2.41. The molecule has 11 heteroatoms. The number of ether oxygens (including phenoxy) is 1. The fourth-order valence-corrected chi connectivity index (χ4v) is 4.35. The van der Waals surface area contributed by atoms with Crippen molar-refractivity contribution in [3.8, 4) is 5.75 Å². The number of benzene rings is 1. The van der Waals surface area contributed by atoms with Gasteiger partial charge in [0.05, 0.1) is 17.0 Å². The van der Waals surface area contributed by atoms with E-state index in [1.807, 2.05) is 0 Å². The van der Waals surface area contributed by atoms with E-state index in [9.17, 15) is 22.4 Å². The van der Waals surface area contributed by atoms with Gasteiger partial charge in [-0.1, -0.05) is 11.8 Å². The van der Waals surface area contributed by atoms with Crippen molar-refractivity contribution >= 4 is 28.5 Å². The Morgan fingerprint density at radius 2 is 2.13 bits per heavy atom. The minimum Gasteiger partial charge on any atom is -0.461 e. The van der Waals surface area contributed by atoms with Crippen molar-refractivity contribution in [1.29, 1.82) is 0 Å². The van der Waals surface area contributed by atoms with Crippen LogP contribution < -0.4 is 15.8 Å². The summed E-state index contributed by atoms with van der Waals surface area (Å²) in [4.78, 5) is 20.5. The van der Waals surface area contributed by atoms with E-state index in [1.54, 1.807) is 0 Å². The van der Waals surface area contributed by atoms with Crippen LogP contribution in [-0.4, -0.2) is 34.1 Å². The molecule has 0 saturated heterocycles. The molecule has 0 fully saturated rings. The largest absolute Gasteiger partial charge is 0.461 e. The molecule has 0 unspecified atom stereocenters. The molecule has 1 aromatic heterocycles. The minimum atomic E-state index is -3.04. The van der Waals surface area contributed by atoms with Crippen molar-refractivity contribution < 1.29 is 27.1 Å². The van der Waals surface area contributed by atoms with Crippen LogP contribution in [0.15, 0.2) is 41.5 Å². The van der Waals surface area contributed by atoms with Crippen LogP contribution in [0.2, 0.25) is 0 Å². The number of carbonyl (C=O) groups is 1. The van der Waals surface area contributed by atoms with E-state index >= 15 is 0 Å². The molecule has 3 rings (SSSR count). The zero-order valence-electron chi connectivity index (χ0n) is 16.7. The summed E-state index contributed by atoms with van der Waals surface area (Å²) in [5, 5.41) is 1.33. The average Bonchev–Trinajstić information content (AvgIpc) is 2.69. The first-order chi connectivity index (χ1) is 14.5. The highest BCUT2D eigenvalue weighted by Gasteiger charge is 2.45. The standard InChI is InChI=1S/C20H20F4N4O2S/c1-19(8-16(20(2,23)24)31-18(25)28-19)13-7-11(3-5-14(13)22)27-17(29)15-6-4-12(9-26-15)30-10-21/h3-7,9,16H,8,10H2,1-2H3,(H2,25,28)(H,27,29)/t16-,19-/m0/s1. The smallest absolute Gasteiger partial charge is 0.274 e. The second kappa shape index (κ2) is 8.74. The second-order valence-corrected chi connectivity index (χ2v) is 8.50. The molecule has 0 spiro atoms. The Morgan fingerprint density at radius 3 is 2.74 bits per heavy atom. The molecule has 3 N–H and O–H groups in total. The predicted molar refractivity (Wildman–Crippen MR) is 111 cm³/mol. The summed E-state index contributed by atoms with van der Waals surface area (Å²) in [6, 6.07) is 6.50. The Kier molecular flexibility index (Phi) is 6.44. The van der Waals surface area contributed by atoms with Gasteiger partial charge in [0.2, 0.25) is 6.86 Å². The van der Waals surface area contributed by atoms with Crippen LogP contribution in [0.1, 0.15) is 36.3 Å². The summed E-state index contributed by atoms with van der Waals surface area (Å²) in [5.41, 5.74) is 4.69. The Labute approximate surface area is 180 Å². The molecule has 2 heterocycles. The van der Waals surface area contributed by atoms with Crippen molar-refractivity contribution in [3.63, 3.8) is 0 Å². The Morgan fingerprint density at radius 1 is 1.39 bits per heavy atom. The number of nitrogens with two attached hydrogens (primary N) is 1. The van der Waals surface area contributed by atoms with Gasteiger partial charge < -0.3 is 15.8 Å². The van der Waals surface area contributed by atoms with Gasteiger partial charge in [-0.2, -0.15) is 0 Å². The monoisotopic (exact) mass is 456 g/mol. The highest BCUT2D eigenvalue weighted by Crippen LogP contribution is 2.45. The first-order valence-corrected chi connectivity index (χ1v) is 10.1. The second-order valence-electron chi connectivity index (χ2n) is 7.27. The number of carbonyl (C=O) groups excluding carboxylic acids is 1. The van der Waals surface area contributed by atoms with E-state index in [1.165, 1.54) is 37.4 Å². The van der Waals surface area contributed by atoms with Gasteiger partial charge in [0.25, 0.3) is 11.8 Å². The number of aliphatic imine (C=N–C) groups is 1. The van der Waals surface area contributed by atoms with E-state index in [2.05, 4.69) is 20.0 Å². The average molecular weight is 456 g/mol. The van der Waals surface area contributed by atoms with Crippen LogP contribution >= 0.6 is 11.8 Å². The summed E-state index contributed by atoms with van der Waals surface area (Å²) in [7, 11) is 0. The molecular formula is C20H20F4N4O2S. The number of thioether (sulfide) groups is 1. The number of nitrogens with zero attached hydrogens (tertiary/aromatic N) is 2. The summed E-state index contributed by atoms with van der Waals surface area (Å²) < 4.78 is 59.3. The molecule has 31 heavy (non-hydrogen) atoms. The van der Waals surface area contributed by atoms with Crippen molar-refractivity contribution in [2.75, 3.05) is 12.2 Å². The van der Waals surface area contributed by atoms with E-state index in [0.29, 0.717) is 0 Å². The molecule has 0 aliphatic carbocycles. The fraction of sp³-hybridized carbons (Fsp3) is 0.350. The number of rotatable bonds is 6. The minimum absolute atomic E-state index is 0.0188. The van der Waals surface area contributed by atoms with Gasteiger partial charge in [-0.25, -0.2) is 22.5 Å². The third-order valence-corrected chi connectivity index (χ3v) is 5.96. The molecule has 0 bridgehead atoms. The Balaban J connectivity index is 1.86. The number of aromatic nitrogens is 1. The van der Waals surface area contributed by atoms with E-state index in [-0.39, 0.29) is 34.3 Å². The maximum Gasteiger partial charge on any atom is 0.274 e. The molecule has 0 saturated carbocycles. The highest BCUT2D eigenvalue weighted by molar-refractivity contribution is 8.14. The van der Waals surface area contributed by atoms with Crippen LogP contribution in [0.3, 0.4) is 0 Å². The molecular weight excluding hydrogens is 436 g/mol. The number of nitrogens with one attached hydrogen (secondary N) is 1. The number of hydrogen-bond acceptors (Lipinski definition) is 6. The van der Waals surface area contributed by atoms with Crippen LogP contribution in [0.25, 0.3) is 0 Å². The lowest BCUT2D eigenvalue weighted by molar-refractivity contribution is 0.0120. The van der Waals surface area contributed by atoms with Crippen LogP contribution in [0.4, 0.5) is 23.2 Å². The first kappa shape index (κ1) is 22.9. The van der Waals surface area contributed by atoms with Gasteiger partial charge in [-0.05, 0) is 43.7 Å². The van der Waals surface area contributed by atoms with Crippen LogP contribution in [-0.2, 0) is 5.54 Å². The SMILES string of the molecule is CC(F)(F)[C@@H]1C[C@@](C)(c2cc(NC(=O)c3ccc(OCF)cn3)ccc2F)N=C(N)S1. The van der Waals surface area contributed by atoms with E-state index in [4.69, 9.17) is 5.73 Å². The van der Waals surface area contributed by atoms with Crippen molar-refractivity contribution in [3.05, 3.63) is 53.6 Å². The highest BCUT2D eigenvalue weighted by atomic mass is 32.2. The quantitative estimate of drug-likeness (QED) is 0.626. The molecule has 1 aromatic carbocycles. The number of hydrogen-bond donors (Lipinski definition) is 2. The lowest BCUT2D eigenvalue weighted by atomic mass is 9.85. The predicted octanol–water partition coefficient (Wildman–Crippen LogP) is 4.47. The van der Waals surface area contributed by atoms with Crippen molar-refractivity contribution in [1.82, 2.24) is 4.98 Å². The number of alkyl halides is 3. The Hall–Kier alpha value is -2.82. The van der Waals surface area contributed by atoms with Crippen LogP contribution in [0.5, 0.6) is 5.75 Å². The number of halogens is 4. The molecule has 1 aliphatic rings. The molecule has 166 valence electrons. The lowest BCUT2D eigenvalue weighted by Gasteiger charge is -2.37. The van der Waals surface area contributed by atoms with Gasteiger partial charge in [-0.3, -0.25) is 9.79 Å². The number of anilines is 1. The Bertz CT molecular complexity index is 998. The summed E-state index contributed by atoms with van der Waals surface area (Å²) >= 11 is 0.756. The zero-order chi connectivity index (χ0) is 22.8. The first-order valence-electron chi connectivity index (χ1n) is 9.18. The molecule has 2 aromatic rings. The maximum atomic E-state index is 14.7. The molecule has 1 aliphatic heterocycles. The topological polar surface area (TPSA) is 89.6 Å². The third kappa shape index (κ3) is 5.27. The van der Waals surface area contributed by atoms with Crippen LogP contribution in [0, 0.1) is 5.82 Å². The molecule has 6 nitrogen and oxygen atoms in total. The van der Waals surface area contributed by atoms with Gasteiger partial charge in [0.1, 0.15) is 17.3 Å². The molecule has 2 atom stereocenters. The maximum absolute atomic E-state index is 14.7. The van der Waals surface area contributed by atoms with Gasteiger partial charge >= 0.3 is 0 Å². The summed E-state index contributed by atoms with van der Waals surface area (Å²) in [6.07, 6.45) is 1.04. The fourth-order valence-electron chi connectivity index (χ4n) is 3.19. The van der Waals surface area contributed by atoms with Crippen molar-refractivity contribution in [2.24, 2.45) is 10.7 Å². The normalized spacial score (nSPS) is 21.4. The van der Waals surface area contributed by atoms with E-state index in [0.717, 1.165) is 24.8 Å². The summed E-state index contributed by atoms with van der Waals surface area (Å²) in [5.74, 6) is -4.15. The van der Waals surface area contributed by atoms with E-state index < -0.39 is 35.3 Å². The zero-order valence-corrected chi connectivity index (χ0v) is 17.5. The van der Waals surface area contributed by atoms with Gasteiger partial charge in [-0.15, -0.1) is 0 Å². The number of pyridine rings is 1. The number of amidine groups is 1. The third-order valence-electron chi connectivity index (χ3n) is 4.76. The molecule has 0 radical (unpaired) electrons. The molecule has 1 amide bonds. The van der Waals surface area contributed by atoms with Crippen molar-refractivity contribution in [2.45, 2.75) is 37.0 Å². The van der Waals surface area contributed by atoms with Gasteiger partial charge in [0, 0.05) is 18.2 Å². The number of amides is 1. The van der Waals surface area contributed by atoms with Gasteiger partial charge in [0.15, 0.2) is 5.17 Å². The summed E-state index contributed by atoms with van der Waals surface area (Å²) in [6.45, 7) is 1.28.